The normalized spacial score (nSPS) is 14.8. The van der Waals surface area contributed by atoms with E-state index in [1.54, 1.807) is 0 Å². The van der Waals surface area contributed by atoms with Gasteiger partial charge >= 0.3 is 0 Å². The zero-order chi connectivity index (χ0) is 11.2. The second-order valence-electron chi connectivity index (χ2n) is 5.16. The van der Waals surface area contributed by atoms with Crippen LogP contribution in [0.3, 0.4) is 0 Å². The molecule has 86 valence electrons. The maximum absolute atomic E-state index is 3.58. The van der Waals surface area contributed by atoms with Crippen molar-refractivity contribution in [3.63, 3.8) is 0 Å². The van der Waals surface area contributed by atoms with Crippen LogP contribution in [0.5, 0.6) is 0 Å². The summed E-state index contributed by atoms with van der Waals surface area (Å²) in [6.07, 6.45) is 1.24. The standard InChI is InChI=1S/C12H28N2/c1-7-13-11(12(3,4)5)9-10-14(6)8-2/h11,13H,7-10H2,1-6H3. The molecule has 0 heterocycles. The Morgan fingerprint density at radius 2 is 1.79 bits per heavy atom. The molecule has 0 aromatic rings. The molecule has 2 nitrogen and oxygen atoms in total. The number of nitrogens with one attached hydrogen (secondary N) is 1. The monoisotopic (exact) mass is 200 g/mol. The van der Waals surface area contributed by atoms with Crippen molar-refractivity contribution in [2.45, 2.75) is 47.1 Å². The van der Waals surface area contributed by atoms with E-state index in [1.807, 2.05) is 0 Å². The molecule has 1 unspecified atom stereocenters. The van der Waals surface area contributed by atoms with Crippen molar-refractivity contribution in [3.8, 4) is 0 Å². The Morgan fingerprint density at radius 3 is 2.14 bits per heavy atom. The summed E-state index contributed by atoms with van der Waals surface area (Å²) in [7, 11) is 2.19. The molecule has 0 saturated heterocycles. The highest BCUT2D eigenvalue weighted by atomic mass is 15.1. The van der Waals surface area contributed by atoms with Gasteiger partial charge in [0.05, 0.1) is 0 Å². The summed E-state index contributed by atoms with van der Waals surface area (Å²) in [5, 5.41) is 3.58. The van der Waals surface area contributed by atoms with Crippen LogP contribution < -0.4 is 5.32 Å². The Morgan fingerprint density at radius 1 is 1.21 bits per heavy atom. The average molecular weight is 200 g/mol. The summed E-state index contributed by atoms with van der Waals surface area (Å²) in [4.78, 5) is 2.37. The summed E-state index contributed by atoms with van der Waals surface area (Å²) in [6.45, 7) is 14.7. The van der Waals surface area contributed by atoms with Crippen LogP contribution in [0, 0.1) is 5.41 Å². The highest BCUT2D eigenvalue weighted by Gasteiger charge is 2.23. The molecule has 0 aliphatic carbocycles. The first-order valence-corrected chi connectivity index (χ1v) is 5.83. The number of nitrogens with zero attached hydrogens (tertiary/aromatic N) is 1. The van der Waals surface area contributed by atoms with Crippen LogP contribution in [0.2, 0.25) is 0 Å². The first kappa shape index (κ1) is 13.9. The van der Waals surface area contributed by atoms with E-state index in [0.717, 1.165) is 13.1 Å². The molecule has 1 atom stereocenters. The van der Waals surface area contributed by atoms with E-state index in [0.29, 0.717) is 11.5 Å². The molecular weight excluding hydrogens is 172 g/mol. The van der Waals surface area contributed by atoms with Gasteiger partial charge in [0, 0.05) is 6.04 Å². The van der Waals surface area contributed by atoms with Crippen molar-refractivity contribution >= 4 is 0 Å². The molecule has 0 radical (unpaired) electrons. The molecule has 0 aliphatic rings. The van der Waals surface area contributed by atoms with E-state index < -0.39 is 0 Å². The summed E-state index contributed by atoms with van der Waals surface area (Å²) in [6, 6.07) is 0.626. The van der Waals surface area contributed by atoms with Gasteiger partial charge in [0.25, 0.3) is 0 Å². The Labute approximate surface area is 90.1 Å². The van der Waals surface area contributed by atoms with Crippen molar-refractivity contribution in [1.82, 2.24) is 10.2 Å². The largest absolute Gasteiger partial charge is 0.314 e. The molecule has 0 rings (SSSR count). The van der Waals surface area contributed by atoms with E-state index in [4.69, 9.17) is 0 Å². The SMILES string of the molecule is CCNC(CCN(C)CC)C(C)(C)C. The average Bonchev–Trinajstić information content (AvgIpc) is 2.09. The van der Waals surface area contributed by atoms with Gasteiger partial charge in [-0.2, -0.15) is 0 Å². The van der Waals surface area contributed by atoms with Crippen molar-refractivity contribution in [1.29, 1.82) is 0 Å². The van der Waals surface area contributed by atoms with Crippen LogP contribution in [0.15, 0.2) is 0 Å². The minimum absolute atomic E-state index is 0.366. The van der Waals surface area contributed by atoms with Gasteiger partial charge in [-0.05, 0) is 38.5 Å². The molecule has 0 spiro atoms. The minimum atomic E-state index is 0.366. The maximum atomic E-state index is 3.58. The number of hydrogen-bond donors (Lipinski definition) is 1. The third-order valence-corrected chi connectivity index (χ3v) is 2.84. The fourth-order valence-corrected chi connectivity index (χ4v) is 1.60. The zero-order valence-electron chi connectivity index (χ0n) is 10.9. The second-order valence-corrected chi connectivity index (χ2v) is 5.16. The van der Waals surface area contributed by atoms with Crippen LogP contribution in [0.4, 0.5) is 0 Å². The predicted molar refractivity (Wildman–Crippen MR) is 64.7 cm³/mol. The molecule has 0 amide bonds. The van der Waals surface area contributed by atoms with Crippen LogP contribution in [-0.4, -0.2) is 37.6 Å². The van der Waals surface area contributed by atoms with Crippen molar-refractivity contribution in [3.05, 3.63) is 0 Å². The van der Waals surface area contributed by atoms with Gasteiger partial charge in [-0.25, -0.2) is 0 Å². The lowest BCUT2D eigenvalue weighted by molar-refractivity contribution is 0.227. The molecule has 0 aromatic heterocycles. The minimum Gasteiger partial charge on any atom is -0.314 e. The van der Waals surface area contributed by atoms with Gasteiger partial charge in [-0.3, -0.25) is 0 Å². The smallest absolute Gasteiger partial charge is 0.0128 e. The van der Waals surface area contributed by atoms with Gasteiger partial charge in [0.2, 0.25) is 0 Å². The molecule has 14 heavy (non-hydrogen) atoms. The third-order valence-electron chi connectivity index (χ3n) is 2.84. The van der Waals surface area contributed by atoms with Gasteiger partial charge in [0.15, 0.2) is 0 Å². The van der Waals surface area contributed by atoms with Gasteiger partial charge < -0.3 is 10.2 Å². The Kier molecular flexibility index (Phi) is 6.38. The lowest BCUT2D eigenvalue weighted by atomic mass is 9.84. The van der Waals surface area contributed by atoms with E-state index in [9.17, 15) is 0 Å². The van der Waals surface area contributed by atoms with E-state index in [-0.39, 0.29) is 0 Å². The first-order valence-electron chi connectivity index (χ1n) is 5.83. The molecule has 2 heteroatoms. The highest BCUT2D eigenvalue weighted by molar-refractivity contribution is 4.80. The quantitative estimate of drug-likeness (QED) is 0.708. The van der Waals surface area contributed by atoms with E-state index in [2.05, 4.69) is 51.9 Å². The third kappa shape index (κ3) is 5.61. The van der Waals surface area contributed by atoms with Crippen molar-refractivity contribution < 1.29 is 0 Å². The molecule has 1 N–H and O–H groups in total. The molecule has 0 aliphatic heterocycles. The summed E-state index contributed by atoms with van der Waals surface area (Å²) in [5.74, 6) is 0. The molecule has 0 bridgehead atoms. The first-order chi connectivity index (χ1) is 6.41. The summed E-state index contributed by atoms with van der Waals surface area (Å²) < 4.78 is 0. The molecule has 0 aromatic carbocycles. The van der Waals surface area contributed by atoms with Crippen LogP contribution in [0.1, 0.15) is 41.0 Å². The van der Waals surface area contributed by atoms with E-state index in [1.165, 1.54) is 13.0 Å². The van der Waals surface area contributed by atoms with E-state index >= 15 is 0 Å². The fourth-order valence-electron chi connectivity index (χ4n) is 1.60. The fraction of sp³-hybridized carbons (Fsp3) is 1.00. The van der Waals surface area contributed by atoms with Gasteiger partial charge in [0.1, 0.15) is 0 Å². The summed E-state index contributed by atoms with van der Waals surface area (Å²) >= 11 is 0. The van der Waals surface area contributed by atoms with Crippen LogP contribution in [-0.2, 0) is 0 Å². The Hall–Kier alpha value is -0.0800. The van der Waals surface area contributed by atoms with Crippen molar-refractivity contribution in [2.75, 3.05) is 26.7 Å². The van der Waals surface area contributed by atoms with Crippen LogP contribution in [0.25, 0.3) is 0 Å². The number of rotatable bonds is 6. The number of hydrogen-bond acceptors (Lipinski definition) is 2. The lowest BCUT2D eigenvalue weighted by Gasteiger charge is -2.32. The van der Waals surface area contributed by atoms with Gasteiger partial charge in [-0.1, -0.05) is 34.6 Å². The molecule has 0 saturated carbocycles. The molecule has 0 fully saturated rings. The predicted octanol–water partition coefficient (Wildman–Crippen LogP) is 2.35. The topological polar surface area (TPSA) is 15.3 Å². The lowest BCUT2D eigenvalue weighted by Crippen LogP contribution is -2.42. The summed E-state index contributed by atoms with van der Waals surface area (Å²) in [5.41, 5.74) is 0.366. The van der Waals surface area contributed by atoms with Gasteiger partial charge in [-0.15, -0.1) is 0 Å². The zero-order valence-corrected chi connectivity index (χ0v) is 10.9. The van der Waals surface area contributed by atoms with Crippen molar-refractivity contribution in [2.24, 2.45) is 5.41 Å². The Balaban J connectivity index is 3.98. The maximum Gasteiger partial charge on any atom is 0.0128 e. The highest BCUT2D eigenvalue weighted by Crippen LogP contribution is 2.21. The molecular formula is C12H28N2. The Bertz CT molecular complexity index is 138. The van der Waals surface area contributed by atoms with Crippen LogP contribution >= 0.6 is 0 Å². The second kappa shape index (κ2) is 6.41.